The summed E-state index contributed by atoms with van der Waals surface area (Å²) < 4.78 is 5.05. The van der Waals surface area contributed by atoms with E-state index in [9.17, 15) is 9.59 Å². The van der Waals surface area contributed by atoms with Gasteiger partial charge < -0.3 is 15.0 Å². The number of hydrogen-bond donors (Lipinski definition) is 2. The zero-order chi connectivity index (χ0) is 22.1. The Bertz CT molecular complexity index is 1130. The van der Waals surface area contributed by atoms with Gasteiger partial charge in [-0.25, -0.2) is 0 Å². The summed E-state index contributed by atoms with van der Waals surface area (Å²) in [5.41, 5.74) is 6.05. The summed E-state index contributed by atoms with van der Waals surface area (Å²) in [6.45, 7) is 7.37. The Morgan fingerprint density at radius 3 is 2.65 bits per heavy atom. The Hall–Kier alpha value is -3.12. The van der Waals surface area contributed by atoms with Gasteiger partial charge in [0.1, 0.15) is 6.04 Å². The van der Waals surface area contributed by atoms with E-state index >= 15 is 0 Å². The lowest BCUT2D eigenvalue weighted by Crippen LogP contribution is -2.38. The summed E-state index contributed by atoms with van der Waals surface area (Å²) in [6.07, 6.45) is 0.531. The molecule has 1 fully saturated rings. The van der Waals surface area contributed by atoms with E-state index in [4.69, 9.17) is 4.74 Å². The minimum atomic E-state index is -0.374. The van der Waals surface area contributed by atoms with Crippen LogP contribution in [0.15, 0.2) is 42.5 Å². The molecule has 1 aliphatic heterocycles. The summed E-state index contributed by atoms with van der Waals surface area (Å²) in [5.74, 6) is -0.388. The number of benzene rings is 2. The standard InChI is InChI=1S/C25H29N3O3/c1-15-8-5-6-9-18(15)13-28-14-19(12-22(28)25(30)31-4)27-24(29)21-11-7-10-20-16(2)17(3)26-23(20)21/h5-11,19,22,26H,12-14H2,1-4H3,(H,27,29)/t19-,22+/m1/s1. The van der Waals surface area contributed by atoms with Crippen molar-refractivity contribution in [3.05, 3.63) is 70.4 Å². The number of H-pyrrole nitrogens is 1. The fraction of sp³-hybridized carbons (Fsp3) is 0.360. The first-order chi connectivity index (χ1) is 14.9. The van der Waals surface area contributed by atoms with Crippen molar-refractivity contribution in [2.75, 3.05) is 13.7 Å². The van der Waals surface area contributed by atoms with Gasteiger partial charge in [0.05, 0.1) is 18.2 Å². The Morgan fingerprint density at radius 2 is 1.90 bits per heavy atom. The van der Waals surface area contributed by atoms with E-state index in [0.717, 1.165) is 22.2 Å². The van der Waals surface area contributed by atoms with Gasteiger partial charge in [-0.15, -0.1) is 0 Å². The highest BCUT2D eigenvalue weighted by atomic mass is 16.5. The molecule has 1 amide bonds. The Morgan fingerprint density at radius 1 is 1.13 bits per heavy atom. The van der Waals surface area contributed by atoms with Gasteiger partial charge in [0.15, 0.2) is 0 Å². The Balaban J connectivity index is 1.54. The molecular formula is C25H29N3O3. The maximum absolute atomic E-state index is 13.1. The van der Waals surface area contributed by atoms with Crippen LogP contribution >= 0.6 is 0 Å². The quantitative estimate of drug-likeness (QED) is 0.619. The fourth-order valence-corrected chi connectivity index (χ4v) is 4.51. The smallest absolute Gasteiger partial charge is 0.323 e. The summed E-state index contributed by atoms with van der Waals surface area (Å²) in [7, 11) is 1.41. The molecule has 2 N–H and O–H groups in total. The molecule has 1 aliphatic rings. The summed E-state index contributed by atoms with van der Waals surface area (Å²) in [4.78, 5) is 31.0. The molecule has 6 heteroatoms. The summed E-state index contributed by atoms with van der Waals surface area (Å²) in [6, 6.07) is 13.4. The van der Waals surface area contributed by atoms with E-state index in [-0.39, 0.29) is 24.0 Å². The van der Waals surface area contributed by atoms with Gasteiger partial charge in [-0.2, -0.15) is 0 Å². The van der Waals surface area contributed by atoms with Crippen LogP contribution < -0.4 is 5.32 Å². The van der Waals surface area contributed by atoms with Crippen LogP contribution in [0, 0.1) is 20.8 Å². The van der Waals surface area contributed by atoms with Crippen LogP contribution in [0.3, 0.4) is 0 Å². The van der Waals surface area contributed by atoms with Crippen molar-refractivity contribution < 1.29 is 14.3 Å². The predicted octanol–water partition coefficient (Wildman–Crippen LogP) is 3.64. The third kappa shape index (κ3) is 4.08. The number of methoxy groups -OCH3 is 1. The molecule has 3 aromatic rings. The van der Waals surface area contributed by atoms with Crippen molar-refractivity contribution in [1.29, 1.82) is 0 Å². The number of amides is 1. The number of fused-ring (bicyclic) bond motifs is 1. The molecule has 2 heterocycles. The monoisotopic (exact) mass is 419 g/mol. The molecule has 162 valence electrons. The van der Waals surface area contributed by atoms with Crippen LogP contribution in [0.4, 0.5) is 0 Å². The predicted molar refractivity (Wildman–Crippen MR) is 121 cm³/mol. The lowest BCUT2D eigenvalue weighted by molar-refractivity contribution is -0.146. The Kier molecular flexibility index (Phi) is 5.83. The second-order valence-corrected chi connectivity index (χ2v) is 8.40. The third-order valence-corrected chi connectivity index (χ3v) is 6.43. The average Bonchev–Trinajstić information content (AvgIpc) is 3.29. The highest BCUT2D eigenvalue weighted by molar-refractivity contribution is 6.06. The number of hydrogen-bond acceptors (Lipinski definition) is 4. The number of carbonyl (C=O) groups is 2. The largest absolute Gasteiger partial charge is 0.468 e. The highest BCUT2D eigenvalue weighted by Crippen LogP contribution is 2.26. The molecule has 6 nitrogen and oxygen atoms in total. The number of nitrogens with one attached hydrogen (secondary N) is 2. The minimum Gasteiger partial charge on any atom is -0.468 e. The Labute approximate surface area is 182 Å². The number of ether oxygens (including phenoxy) is 1. The maximum atomic E-state index is 13.1. The van der Waals surface area contributed by atoms with Gasteiger partial charge in [-0.3, -0.25) is 14.5 Å². The second kappa shape index (κ2) is 8.55. The minimum absolute atomic E-state index is 0.127. The number of rotatable bonds is 5. The van der Waals surface area contributed by atoms with E-state index < -0.39 is 0 Å². The van der Waals surface area contributed by atoms with Crippen molar-refractivity contribution in [1.82, 2.24) is 15.2 Å². The number of aromatic amines is 1. The summed E-state index contributed by atoms with van der Waals surface area (Å²) >= 11 is 0. The number of carbonyl (C=O) groups excluding carboxylic acids is 2. The number of esters is 1. The van der Waals surface area contributed by atoms with Crippen molar-refractivity contribution in [2.45, 2.75) is 45.8 Å². The number of aromatic nitrogens is 1. The van der Waals surface area contributed by atoms with Crippen LogP contribution in [0.25, 0.3) is 10.9 Å². The van der Waals surface area contributed by atoms with E-state index in [1.807, 2.05) is 37.3 Å². The molecule has 0 aliphatic carbocycles. The zero-order valence-electron chi connectivity index (χ0n) is 18.5. The molecule has 1 saturated heterocycles. The van der Waals surface area contributed by atoms with Gasteiger partial charge in [0.2, 0.25) is 0 Å². The topological polar surface area (TPSA) is 74.4 Å². The molecule has 0 spiro atoms. The first-order valence-electron chi connectivity index (χ1n) is 10.6. The van der Waals surface area contributed by atoms with Crippen LogP contribution in [-0.4, -0.2) is 47.5 Å². The molecule has 0 saturated carbocycles. The second-order valence-electron chi connectivity index (χ2n) is 8.40. The van der Waals surface area contributed by atoms with Crippen molar-refractivity contribution in [3.8, 4) is 0 Å². The zero-order valence-corrected chi connectivity index (χ0v) is 18.5. The van der Waals surface area contributed by atoms with E-state index in [1.165, 1.54) is 18.2 Å². The van der Waals surface area contributed by atoms with Crippen LogP contribution in [0.2, 0.25) is 0 Å². The van der Waals surface area contributed by atoms with E-state index in [0.29, 0.717) is 25.1 Å². The molecule has 2 atom stereocenters. The molecule has 31 heavy (non-hydrogen) atoms. The van der Waals surface area contributed by atoms with E-state index in [2.05, 4.69) is 41.2 Å². The average molecular weight is 420 g/mol. The fourth-order valence-electron chi connectivity index (χ4n) is 4.51. The van der Waals surface area contributed by atoms with Gasteiger partial charge in [-0.1, -0.05) is 36.4 Å². The number of para-hydroxylation sites is 1. The summed E-state index contributed by atoms with van der Waals surface area (Å²) in [5, 5.41) is 4.21. The van der Waals surface area contributed by atoms with Crippen molar-refractivity contribution in [3.63, 3.8) is 0 Å². The van der Waals surface area contributed by atoms with E-state index in [1.54, 1.807) is 0 Å². The SMILES string of the molecule is COC(=O)[C@@H]1C[C@@H](NC(=O)c2cccc3c(C)c(C)[nH]c23)CN1Cc1ccccc1C. The third-order valence-electron chi connectivity index (χ3n) is 6.43. The molecule has 1 aromatic heterocycles. The van der Waals surface area contributed by atoms with Crippen LogP contribution in [-0.2, 0) is 16.1 Å². The lowest BCUT2D eigenvalue weighted by Gasteiger charge is -2.23. The number of nitrogens with zero attached hydrogens (tertiary/aromatic N) is 1. The van der Waals surface area contributed by atoms with Crippen LogP contribution in [0.5, 0.6) is 0 Å². The van der Waals surface area contributed by atoms with Crippen molar-refractivity contribution >= 4 is 22.8 Å². The first kappa shape index (κ1) is 21.1. The highest BCUT2D eigenvalue weighted by Gasteiger charge is 2.38. The van der Waals surface area contributed by atoms with Gasteiger partial charge in [0, 0.05) is 30.2 Å². The molecule has 0 unspecified atom stereocenters. The normalized spacial score (nSPS) is 19.0. The first-order valence-corrected chi connectivity index (χ1v) is 10.6. The number of aryl methyl sites for hydroxylation is 3. The van der Waals surface area contributed by atoms with Gasteiger partial charge >= 0.3 is 5.97 Å². The molecular weight excluding hydrogens is 390 g/mol. The van der Waals surface area contributed by atoms with Gasteiger partial charge in [0.25, 0.3) is 5.91 Å². The van der Waals surface area contributed by atoms with Crippen molar-refractivity contribution in [2.24, 2.45) is 0 Å². The van der Waals surface area contributed by atoms with Gasteiger partial charge in [-0.05, 0) is 49.9 Å². The molecule has 0 bridgehead atoms. The lowest BCUT2D eigenvalue weighted by atomic mass is 10.1. The maximum Gasteiger partial charge on any atom is 0.323 e. The number of likely N-dealkylation sites (tertiary alicyclic amines) is 1. The van der Waals surface area contributed by atoms with Crippen LogP contribution in [0.1, 0.15) is 39.2 Å². The molecule has 2 aromatic carbocycles. The molecule has 4 rings (SSSR count). The molecule has 0 radical (unpaired) electrons.